The topological polar surface area (TPSA) is 125 Å². The first-order chi connectivity index (χ1) is 14.4. The molecule has 2 aliphatic rings. The van der Waals surface area contributed by atoms with Gasteiger partial charge in [0, 0.05) is 41.2 Å². The van der Waals surface area contributed by atoms with Gasteiger partial charge in [0.05, 0.1) is 16.1 Å². The fourth-order valence-corrected chi connectivity index (χ4v) is 4.28. The monoisotopic (exact) mass is 404 g/mol. The number of carbonyl (C=O) groups is 3. The zero-order valence-electron chi connectivity index (χ0n) is 15.7. The van der Waals surface area contributed by atoms with Crippen molar-refractivity contribution in [2.24, 2.45) is 0 Å². The average Bonchev–Trinajstić information content (AvgIpc) is 3.33. The van der Waals surface area contributed by atoms with Crippen LogP contribution < -0.4 is 5.32 Å². The normalized spacial score (nSPS) is 17.3. The minimum Gasteiger partial charge on any atom is -0.358 e. The molecule has 1 unspecified atom stereocenters. The van der Waals surface area contributed by atoms with Crippen LogP contribution in [0.4, 0.5) is 5.69 Å². The van der Waals surface area contributed by atoms with Gasteiger partial charge in [0.25, 0.3) is 17.5 Å². The summed E-state index contributed by atoms with van der Waals surface area (Å²) < 4.78 is 0. The zero-order valence-corrected chi connectivity index (χ0v) is 15.7. The van der Waals surface area contributed by atoms with Crippen molar-refractivity contribution in [1.29, 1.82) is 0 Å². The maximum atomic E-state index is 12.5. The number of imide groups is 1. The highest BCUT2D eigenvalue weighted by molar-refractivity contribution is 6.22. The van der Waals surface area contributed by atoms with E-state index < -0.39 is 29.2 Å². The van der Waals surface area contributed by atoms with E-state index in [9.17, 15) is 24.5 Å². The Morgan fingerprint density at radius 3 is 2.70 bits per heavy atom. The number of carbonyl (C=O) groups excluding carboxylic acids is 3. The number of rotatable bonds is 4. The van der Waals surface area contributed by atoms with E-state index in [2.05, 4.69) is 10.3 Å². The molecule has 2 heterocycles. The number of nitro benzene ring substituents is 1. The van der Waals surface area contributed by atoms with Crippen LogP contribution in [0.5, 0.6) is 0 Å². The lowest BCUT2D eigenvalue weighted by molar-refractivity contribution is -0.384. The van der Waals surface area contributed by atoms with Gasteiger partial charge in [0.15, 0.2) is 0 Å². The van der Waals surface area contributed by atoms with Crippen LogP contribution in [0.3, 0.4) is 0 Å². The first kappa shape index (κ1) is 18.0. The van der Waals surface area contributed by atoms with Gasteiger partial charge in [-0.25, -0.2) is 0 Å². The Morgan fingerprint density at radius 2 is 1.90 bits per heavy atom. The minimum atomic E-state index is -0.698. The van der Waals surface area contributed by atoms with Gasteiger partial charge in [-0.2, -0.15) is 0 Å². The average molecular weight is 404 g/mol. The SMILES string of the molecule is O=C(CN1C(=O)c2ccc([N+](=O)[O-])cc2C1=O)NC1Cc2[nH]c3ccccc3c2C1. The molecule has 0 bridgehead atoms. The van der Waals surface area contributed by atoms with E-state index in [1.165, 1.54) is 17.7 Å². The van der Waals surface area contributed by atoms with Crippen LogP contribution in [-0.2, 0) is 17.6 Å². The highest BCUT2D eigenvalue weighted by atomic mass is 16.6. The maximum Gasteiger partial charge on any atom is 0.270 e. The van der Waals surface area contributed by atoms with Crippen LogP contribution in [0.1, 0.15) is 32.0 Å². The smallest absolute Gasteiger partial charge is 0.270 e. The van der Waals surface area contributed by atoms with E-state index in [0.29, 0.717) is 12.8 Å². The second-order valence-corrected chi connectivity index (χ2v) is 7.48. The molecule has 9 heteroatoms. The van der Waals surface area contributed by atoms with Gasteiger partial charge in [0.1, 0.15) is 6.54 Å². The van der Waals surface area contributed by atoms with Crippen LogP contribution >= 0.6 is 0 Å². The van der Waals surface area contributed by atoms with Gasteiger partial charge < -0.3 is 10.3 Å². The third-order valence-electron chi connectivity index (χ3n) is 5.63. The lowest BCUT2D eigenvalue weighted by Crippen LogP contribution is -2.44. The molecule has 1 aromatic heterocycles. The molecule has 0 saturated carbocycles. The Labute approximate surface area is 169 Å². The number of aromatic amines is 1. The maximum absolute atomic E-state index is 12.5. The highest BCUT2D eigenvalue weighted by Gasteiger charge is 2.38. The van der Waals surface area contributed by atoms with Crippen LogP contribution in [0.15, 0.2) is 42.5 Å². The second kappa shape index (κ2) is 6.51. The van der Waals surface area contributed by atoms with Gasteiger partial charge in [0.2, 0.25) is 5.91 Å². The Hall–Kier alpha value is -4.01. The molecule has 30 heavy (non-hydrogen) atoms. The number of fused-ring (bicyclic) bond motifs is 4. The summed E-state index contributed by atoms with van der Waals surface area (Å²) >= 11 is 0. The van der Waals surface area contributed by atoms with E-state index in [1.54, 1.807) is 0 Å². The summed E-state index contributed by atoms with van der Waals surface area (Å²) in [5, 5.41) is 14.9. The molecule has 5 rings (SSSR count). The number of non-ortho nitro benzene ring substituents is 1. The lowest BCUT2D eigenvalue weighted by atomic mass is 10.1. The number of aromatic nitrogens is 1. The van der Waals surface area contributed by atoms with Gasteiger partial charge in [-0.3, -0.25) is 29.4 Å². The van der Waals surface area contributed by atoms with E-state index in [1.807, 2.05) is 24.3 Å². The molecule has 0 radical (unpaired) electrons. The zero-order chi connectivity index (χ0) is 21.0. The van der Waals surface area contributed by atoms with Crippen molar-refractivity contribution in [2.75, 3.05) is 6.54 Å². The Morgan fingerprint density at radius 1 is 1.13 bits per heavy atom. The van der Waals surface area contributed by atoms with Crippen LogP contribution in [-0.4, -0.2) is 45.1 Å². The fraction of sp³-hybridized carbons (Fsp3) is 0.190. The molecule has 3 amide bonds. The van der Waals surface area contributed by atoms with Crippen LogP contribution in [0.25, 0.3) is 10.9 Å². The van der Waals surface area contributed by atoms with Crippen molar-refractivity contribution in [3.05, 3.63) is 75.0 Å². The molecular weight excluding hydrogens is 388 g/mol. The molecule has 2 aromatic carbocycles. The number of hydrogen-bond acceptors (Lipinski definition) is 5. The third kappa shape index (κ3) is 2.74. The predicted octanol–water partition coefficient (Wildman–Crippen LogP) is 1.96. The van der Waals surface area contributed by atoms with Crippen molar-refractivity contribution in [1.82, 2.24) is 15.2 Å². The second-order valence-electron chi connectivity index (χ2n) is 7.48. The molecule has 3 aromatic rings. The lowest BCUT2D eigenvalue weighted by Gasteiger charge is -2.17. The summed E-state index contributed by atoms with van der Waals surface area (Å²) in [5.41, 5.74) is 3.05. The van der Waals surface area contributed by atoms with Crippen molar-refractivity contribution in [3.63, 3.8) is 0 Å². The molecule has 9 nitrogen and oxygen atoms in total. The molecular formula is C21H16N4O5. The molecule has 150 valence electrons. The highest BCUT2D eigenvalue weighted by Crippen LogP contribution is 2.30. The Bertz CT molecular complexity index is 1260. The van der Waals surface area contributed by atoms with E-state index in [-0.39, 0.29) is 22.9 Å². The van der Waals surface area contributed by atoms with Crippen molar-refractivity contribution < 1.29 is 19.3 Å². The summed E-state index contributed by atoms with van der Waals surface area (Å²) in [5.74, 6) is -1.77. The molecule has 0 saturated heterocycles. The number of benzene rings is 2. The number of para-hydroxylation sites is 1. The number of hydrogen-bond donors (Lipinski definition) is 2. The van der Waals surface area contributed by atoms with Crippen molar-refractivity contribution in [2.45, 2.75) is 18.9 Å². The molecule has 0 fully saturated rings. The van der Waals surface area contributed by atoms with E-state index in [0.717, 1.165) is 27.6 Å². The Kier molecular flexibility index (Phi) is 3.92. The number of amides is 3. The summed E-state index contributed by atoms with van der Waals surface area (Å²) in [7, 11) is 0. The number of H-pyrrole nitrogens is 1. The number of nitrogens with one attached hydrogen (secondary N) is 2. The first-order valence-electron chi connectivity index (χ1n) is 9.45. The van der Waals surface area contributed by atoms with Gasteiger partial charge in [-0.05, 0) is 24.1 Å². The largest absolute Gasteiger partial charge is 0.358 e. The quantitative estimate of drug-likeness (QED) is 0.391. The van der Waals surface area contributed by atoms with E-state index in [4.69, 9.17) is 0 Å². The van der Waals surface area contributed by atoms with Gasteiger partial charge >= 0.3 is 0 Å². The molecule has 1 aliphatic carbocycles. The Balaban J connectivity index is 1.27. The molecule has 1 aliphatic heterocycles. The van der Waals surface area contributed by atoms with Crippen LogP contribution in [0, 0.1) is 10.1 Å². The molecule has 1 atom stereocenters. The summed E-state index contributed by atoms with van der Waals surface area (Å²) in [6, 6.07) is 11.3. The molecule has 0 spiro atoms. The molecule has 2 N–H and O–H groups in total. The fourth-order valence-electron chi connectivity index (χ4n) is 4.28. The summed E-state index contributed by atoms with van der Waals surface area (Å²) in [6.07, 6.45) is 1.31. The first-order valence-corrected chi connectivity index (χ1v) is 9.45. The minimum absolute atomic E-state index is 0.0516. The van der Waals surface area contributed by atoms with Crippen molar-refractivity contribution >= 4 is 34.3 Å². The number of nitro groups is 1. The predicted molar refractivity (Wildman–Crippen MR) is 106 cm³/mol. The van der Waals surface area contributed by atoms with Gasteiger partial charge in [-0.15, -0.1) is 0 Å². The summed E-state index contributed by atoms with van der Waals surface area (Å²) in [6.45, 7) is -0.425. The number of nitrogens with zero attached hydrogens (tertiary/aromatic N) is 2. The van der Waals surface area contributed by atoms with Crippen LogP contribution in [0.2, 0.25) is 0 Å². The summed E-state index contributed by atoms with van der Waals surface area (Å²) in [4.78, 5) is 52.0. The van der Waals surface area contributed by atoms with Crippen molar-refractivity contribution in [3.8, 4) is 0 Å². The standard InChI is InChI=1S/C21H16N4O5/c26-19(22-11-7-15-13-3-1-2-4-17(13)23-18(15)8-11)10-24-20(27)14-6-5-12(25(29)30)9-16(14)21(24)28/h1-6,9,11,23H,7-8,10H2,(H,22,26). The third-order valence-corrected chi connectivity index (χ3v) is 5.63. The van der Waals surface area contributed by atoms with E-state index >= 15 is 0 Å². The van der Waals surface area contributed by atoms with Gasteiger partial charge in [-0.1, -0.05) is 18.2 Å².